The van der Waals surface area contributed by atoms with E-state index in [4.69, 9.17) is 14.9 Å². The average Bonchev–Trinajstić information content (AvgIpc) is 3.51. The summed E-state index contributed by atoms with van der Waals surface area (Å²) >= 11 is 0. The first-order chi connectivity index (χ1) is 17.7. The zero-order chi connectivity index (χ0) is 26.3. The molecule has 2 atom stereocenters. The van der Waals surface area contributed by atoms with E-state index in [1.807, 2.05) is 24.3 Å². The van der Waals surface area contributed by atoms with Crippen LogP contribution in [0, 0.1) is 0 Å². The van der Waals surface area contributed by atoms with Gasteiger partial charge in [-0.25, -0.2) is 9.97 Å². The highest BCUT2D eigenvalue weighted by atomic mass is 19.4. The molecule has 5 rings (SSSR count). The van der Waals surface area contributed by atoms with Crippen LogP contribution in [0.15, 0.2) is 52.9 Å². The molecule has 0 saturated carbocycles. The zero-order valence-corrected chi connectivity index (χ0v) is 19.9. The lowest BCUT2D eigenvalue weighted by atomic mass is 10.1. The van der Waals surface area contributed by atoms with Gasteiger partial charge >= 0.3 is 6.18 Å². The molecule has 1 aliphatic rings. The maximum Gasteiger partial charge on any atom is 0.433 e. The van der Waals surface area contributed by atoms with Gasteiger partial charge in [-0.1, -0.05) is 24.3 Å². The molecular formula is C26H25F3N4O4. The van der Waals surface area contributed by atoms with Gasteiger partial charge in [0, 0.05) is 10.9 Å². The largest absolute Gasteiger partial charge is 0.494 e. The molecule has 1 aliphatic carbocycles. The number of hydroxylamine groups is 2. The third kappa shape index (κ3) is 4.66. The lowest BCUT2D eigenvalue weighted by Crippen LogP contribution is -2.25. The van der Waals surface area contributed by atoms with Crippen molar-refractivity contribution < 1.29 is 32.6 Å². The van der Waals surface area contributed by atoms with Crippen LogP contribution in [0.1, 0.15) is 46.8 Å². The van der Waals surface area contributed by atoms with Crippen molar-refractivity contribution >= 4 is 10.9 Å². The number of nitrogens with two attached hydrogens (primary N) is 1. The first kappa shape index (κ1) is 25.2. The Morgan fingerprint density at radius 3 is 2.68 bits per heavy atom. The molecule has 2 aromatic carbocycles. The van der Waals surface area contributed by atoms with Crippen molar-refractivity contribution in [2.75, 3.05) is 13.7 Å². The zero-order valence-electron chi connectivity index (χ0n) is 19.9. The number of rotatable bonds is 7. The first-order valence-electron chi connectivity index (χ1n) is 11.7. The van der Waals surface area contributed by atoms with Crippen molar-refractivity contribution in [3.63, 3.8) is 0 Å². The molecule has 0 amide bonds. The summed E-state index contributed by atoms with van der Waals surface area (Å²) in [6.07, 6.45) is -3.08. The van der Waals surface area contributed by atoms with Crippen molar-refractivity contribution in [3.8, 4) is 17.2 Å². The third-order valence-electron chi connectivity index (χ3n) is 6.59. The summed E-state index contributed by atoms with van der Waals surface area (Å²) in [5.74, 6) is 0.403. The van der Waals surface area contributed by atoms with Crippen LogP contribution in [0.25, 0.3) is 22.4 Å². The van der Waals surface area contributed by atoms with E-state index >= 15 is 0 Å². The van der Waals surface area contributed by atoms with Gasteiger partial charge in [0.05, 0.1) is 32.3 Å². The van der Waals surface area contributed by atoms with Crippen molar-refractivity contribution in [2.24, 2.45) is 5.73 Å². The molecule has 0 spiro atoms. The molecule has 8 nitrogen and oxygen atoms in total. The number of nitrogens with zero attached hydrogens (tertiary/aromatic N) is 3. The number of hydrogen-bond donors (Lipinski definition) is 3. The molecule has 2 heterocycles. The number of alkyl halides is 3. The number of ether oxygens (including phenoxy) is 1. The second kappa shape index (κ2) is 9.75. The molecule has 0 bridgehead atoms. The summed E-state index contributed by atoms with van der Waals surface area (Å²) in [4.78, 5) is 8.32. The van der Waals surface area contributed by atoms with Crippen LogP contribution in [0.5, 0.6) is 5.75 Å². The minimum absolute atomic E-state index is 0.00562. The van der Waals surface area contributed by atoms with Crippen molar-refractivity contribution in [3.05, 3.63) is 76.8 Å². The normalized spacial score (nSPS) is 16.4. The molecule has 2 unspecified atom stereocenters. The highest BCUT2D eigenvalue weighted by Crippen LogP contribution is 2.39. The number of benzene rings is 2. The third-order valence-corrected chi connectivity index (χ3v) is 6.59. The fourth-order valence-corrected chi connectivity index (χ4v) is 4.77. The van der Waals surface area contributed by atoms with Gasteiger partial charge in [-0.15, -0.1) is 0 Å². The molecule has 4 N–H and O–H groups in total. The molecule has 194 valence electrons. The summed E-state index contributed by atoms with van der Waals surface area (Å²) in [6, 6.07) is 11.9. The Balaban J connectivity index is 1.55. The summed E-state index contributed by atoms with van der Waals surface area (Å²) in [7, 11) is 1.34. The molecule has 0 radical (unpaired) electrons. The minimum atomic E-state index is -4.63. The minimum Gasteiger partial charge on any atom is -0.494 e. The molecule has 0 aliphatic heterocycles. The van der Waals surface area contributed by atoms with E-state index in [0.717, 1.165) is 30.0 Å². The van der Waals surface area contributed by atoms with E-state index < -0.39 is 24.5 Å². The summed E-state index contributed by atoms with van der Waals surface area (Å²) in [5, 5.41) is 22.2. The average molecular weight is 515 g/mol. The Labute approximate surface area is 210 Å². The molecule has 0 fully saturated rings. The summed E-state index contributed by atoms with van der Waals surface area (Å²) in [5.41, 5.74) is 7.88. The predicted octanol–water partition coefficient (Wildman–Crippen LogP) is 4.79. The van der Waals surface area contributed by atoms with Crippen LogP contribution in [0.4, 0.5) is 13.2 Å². The van der Waals surface area contributed by atoms with Gasteiger partial charge < -0.3 is 25.2 Å². The lowest BCUT2D eigenvalue weighted by Gasteiger charge is -2.22. The van der Waals surface area contributed by atoms with Crippen LogP contribution >= 0.6 is 0 Å². The molecule has 4 aromatic rings. The highest BCUT2D eigenvalue weighted by Gasteiger charge is 2.34. The number of oxazole rings is 1. The van der Waals surface area contributed by atoms with Crippen molar-refractivity contribution in [1.82, 2.24) is 15.0 Å². The van der Waals surface area contributed by atoms with E-state index in [1.165, 1.54) is 24.3 Å². The van der Waals surface area contributed by atoms with E-state index in [2.05, 4.69) is 9.97 Å². The second-order valence-electron chi connectivity index (χ2n) is 8.88. The Morgan fingerprint density at radius 2 is 1.95 bits per heavy atom. The van der Waals surface area contributed by atoms with Crippen LogP contribution in [0.2, 0.25) is 0 Å². The first-order valence-corrected chi connectivity index (χ1v) is 11.7. The van der Waals surface area contributed by atoms with Gasteiger partial charge in [-0.05, 0) is 48.2 Å². The van der Waals surface area contributed by atoms with Gasteiger partial charge in [0.2, 0.25) is 5.89 Å². The van der Waals surface area contributed by atoms with Crippen LogP contribution in [-0.2, 0) is 19.1 Å². The van der Waals surface area contributed by atoms with Crippen molar-refractivity contribution in [2.45, 2.75) is 37.6 Å². The number of aliphatic hydroxyl groups excluding tert-OH is 1. The van der Waals surface area contributed by atoms with E-state index in [1.54, 1.807) is 6.07 Å². The second-order valence-corrected chi connectivity index (χ2v) is 8.88. The fourth-order valence-electron chi connectivity index (χ4n) is 4.77. The highest BCUT2D eigenvalue weighted by molar-refractivity contribution is 5.96. The Hall–Kier alpha value is -3.51. The van der Waals surface area contributed by atoms with Crippen molar-refractivity contribution in [1.29, 1.82) is 0 Å². The number of halogens is 3. The van der Waals surface area contributed by atoms with Gasteiger partial charge in [-0.2, -0.15) is 18.2 Å². The van der Waals surface area contributed by atoms with Gasteiger partial charge in [-0.3, -0.25) is 0 Å². The number of aryl methyl sites for hydroxylation is 1. The van der Waals surface area contributed by atoms with Crippen LogP contribution in [-0.4, -0.2) is 39.1 Å². The fraction of sp³-hybridized carbons (Fsp3) is 0.308. The Morgan fingerprint density at radius 1 is 1.16 bits per heavy atom. The number of methoxy groups -OCH3 is 1. The molecule has 37 heavy (non-hydrogen) atoms. The van der Waals surface area contributed by atoms with E-state index in [-0.39, 0.29) is 35.5 Å². The SMILES string of the molecule is COc1ccc(-c2nc(CN(O)C3CCc4ccccc43)c(C(N)CO)o2)c2ccc(C(F)(F)F)nc12. The Bertz CT molecular complexity index is 1440. The number of aromatic nitrogens is 2. The van der Waals surface area contributed by atoms with E-state index in [9.17, 15) is 23.5 Å². The summed E-state index contributed by atoms with van der Waals surface area (Å²) in [6.45, 7) is -0.463. The Kier molecular flexibility index (Phi) is 6.63. The number of aliphatic hydroxyl groups is 1. The van der Waals surface area contributed by atoms with Gasteiger partial charge in [0.25, 0.3) is 0 Å². The maximum absolute atomic E-state index is 13.3. The number of fused-ring (bicyclic) bond motifs is 2. The molecule has 0 saturated heterocycles. The van der Waals surface area contributed by atoms with Gasteiger partial charge in [0.15, 0.2) is 0 Å². The van der Waals surface area contributed by atoms with E-state index in [0.29, 0.717) is 16.6 Å². The molecule has 2 aromatic heterocycles. The summed E-state index contributed by atoms with van der Waals surface area (Å²) < 4.78 is 51.1. The monoisotopic (exact) mass is 514 g/mol. The number of pyridine rings is 1. The maximum atomic E-state index is 13.3. The lowest BCUT2D eigenvalue weighted by molar-refractivity contribution is -0.141. The molecule has 11 heteroatoms. The smallest absolute Gasteiger partial charge is 0.433 e. The van der Waals surface area contributed by atoms with Gasteiger partial charge in [0.1, 0.15) is 28.4 Å². The van der Waals surface area contributed by atoms with Crippen LogP contribution < -0.4 is 10.5 Å². The molecular weight excluding hydrogens is 489 g/mol. The predicted molar refractivity (Wildman–Crippen MR) is 128 cm³/mol. The number of hydrogen-bond acceptors (Lipinski definition) is 8. The quantitative estimate of drug-likeness (QED) is 0.302. The van der Waals surface area contributed by atoms with Crippen LogP contribution in [0.3, 0.4) is 0 Å². The standard InChI is InChI=1S/C26H25F3N4O4/c1-36-21-10-7-17(16-8-11-22(26(27,28)29)32-23(16)21)25-31-19(24(37-25)18(30)13-34)12-33(35)20-9-6-14-4-2-3-5-15(14)20/h2-5,7-8,10-11,18,20,34-35H,6,9,12-13,30H2,1H3. The topological polar surface area (TPSA) is 118 Å².